The highest BCUT2D eigenvalue weighted by Gasteiger charge is 2.14. The molecule has 0 saturated carbocycles. The van der Waals surface area contributed by atoms with Crippen molar-refractivity contribution in [1.29, 1.82) is 0 Å². The van der Waals surface area contributed by atoms with Crippen molar-refractivity contribution in [3.05, 3.63) is 55.1 Å². The Kier molecular flexibility index (Phi) is 4.26. The fourth-order valence-electron chi connectivity index (χ4n) is 1.82. The monoisotopic (exact) mass is 329 g/mol. The molecular weight excluding hydrogens is 318 g/mol. The number of aryl methyl sites for hydroxylation is 1. The standard InChI is InChI=1S/C13H13BrClNS/c1-8-3-4-12(17-8)13(16-2)9-5-10(14)7-11(15)6-9/h3-7,13,16H,1-2H3. The highest BCUT2D eigenvalue weighted by atomic mass is 79.9. The Bertz CT molecular complexity index is 504. The predicted molar refractivity (Wildman–Crippen MR) is 79.1 cm³/mol. The third-order valence-electron chi connectivity index (χ3n) is 2.55. The zero-order chi connectivity index (χ0) is 12.4. The lowest BCUT2D eigenvalue weighted by molar-refractivity contribution is 0.703. The molecule has 2 rings (SSSR count). The molecular formula is C13H13BrClNS. The minimum absolute atomic E-state index is 0.198. The van der Waals surface area contributed by atoms with E-state index in [9.17, 15) is 0 Å². The van der Waals surface area contributed by atoms with Gasteiger partial charge in [-0.3, -0.25) is 0 Å². The summed E-state index contributed by atoms with van der Waals surface area (Å²) >= 11 is 11.4. The lowest BCUT2D eigenvalue weighted by Crippen LogP contribution is -2.16. The second-order valence-corrected chi connectivity index (χ2v) is 6.54. The Morgan fingerprint density at radius 1 is 1.29 bits per heavy atom. The van der Waals surface area contributed by atoms with Crippen LogP contribution in [0.5, 0.6) is 0 Å². The van der Waals surface area contributed by atoms with Crippen molar-refractivity contribution in [2.24, 2.45) is 0 Å². The number of thiophene rings is 1. The quantitative estimate of drug-likeness (QED) is 0.854. The van der Waals surface area contributed by atoms with Gasteiger partial charge in [0.1, 0.15) is 0 Å². The van der Waals surface area contributed by atoms with E-state index in [0.717, 1.165) is 9.50 Å². The molecule has 17 heavy (non-hydrogen) atoms. The Morgan fingerprint density at radius 3 is 2.59 bits per heavy atom. The molecule has 4 heteroatoms. The summed E-state index contributed by atoms with van der Waals surface area (Å²) in [4.78, 5) is 2.63. The summed E-state index contributed by atoms with van der Waals surface area (Å²) in [5.41, 5.74) is 1.17. The predicted octanol–water partition coefficient (Wildman–Crippen LogP) is 4.78. The lowest BCUT2D eigenvalue weighted by Gasteiger charge is -2.15. The van der Waals surface area contributed by atoms with Gasteiger partial charge in [-0.2, -0.15) is 0 Å². The Balaban J connectivity index is 2.41. The Hall–Kier alpha value is -0.350. The van der Waals surface area contributed by atoms with Crippen molar-refractivity contribution in [2.75, 3.05) is 7.05 Å². The topological polar surface area (TPSA) is 12.0 Å². The molecule has 1 heterocycles. The number of hydrogen-bond acceptors (Lipinski definition) is 2. The molecule has 0 aliphatic rings. The van der Waals surface area contributed by atoms with Gasteiger partial charge in [0, 0.05) is 19.2 Å². The van der Waals surface area contributed by atoms with E-state index in [4.69, 9.17) is 11.6 Å². The summed E-state index contributed by atoms with van der Waals surface area (Å²) in [6, 6.07) is 10.5. The van der Waals surface area contributed by atoms with Gasteiger partial charge in [-0.05, 0) is 49.9 Å². The van der Waals surface area contributed by atoms with Crippen LogP contribution in [-0.4, -0.2) is 7.05 Å². The molecule has 90 valence electrons. The van der Waals surface area contributed by atoms with Gasteiger partial charge in [0.2, 0.25) is 0 Å². The number of nitrogens with one attached hydrogen (secondary N) is 1. The molecule has 1 unspecified atom stereocenters. The molecule has 0 bridgehead atoms. The lowest BCUT2D eigenvalue weighted by atomic mass is 10.1. The molecule has 0 saturated heterocycles. The Morgan fingerprint density at radius 2 is 2.06 bits per heavy atom. The third-order valence-corrected chi connectivity index (χ3v) is 4.29. The van der Waals surface area contributed by atoms with Gasteiger partial charge in [-0.25, -0.2) is 0 Å². The summed E-state index contributed by atoms with van der Waals surface area (Å²) in [7, 11) is 1.97. The summed E-state index contributed by atoms with van der Waals surface area (Å²) in [5.74, 6) is 0. The van der Waals surface area contributed by atoms with E-state index in [1.54, 1.807) is 11.3 Å². The van der Waals surface area contributed by atoms with Crippen LogP contribution in [0.4, 0.5) is 0 Å². The van der Waals surface area contributed by atoms with E-state index >= 15 is 0 Å². The van der Waals surface area contributed by atoms with Crippen molar-refractivity contribution >= 4 is 38.9 Å². The van der Waals surface area contributed by atoms with Crippen LogP contribution in [0.1, 0.15) is 21.4 Å². The summed E-state index contributed by atoms with van der Waals surface area (Å²) in [6.45, 7) is 2.12. The Labute approximate surface area is 119 Å². The molecule has 0 fully saturated rings. The van der Waals surface area contributed by atoms with Gasteiger partial charge in [0.25, 0.3) is 0 Å². The van der Waals surface area contributed by atoms with E-state index in [1.807, 2.05) is 19.2 Å². The van der Waals surface area contributed by atoms with Gasteiger partial charge in [0.05, 0.1) is 6.04 Å². The van der Waals surface area contributed by atoms with Crippen molar-refractivity contribution in [2.45, 2.75) is 13.0 Å². The molecule has 0 aliphatic heterocycles. The fraction of sp³-hybridized carbons (Fsp3) is 0.231. The first-order chi connectivity index (χ1) is 8.10. The van der Waals surface area contributed by atoms with Crippen LogP contribution in [0, 0.1) is 6.92 Å². The molecule has 0 aliphatic carbocycles. The van der Waals surface area contributed by atoms with Crippen LogP contribution in [0.15, 0.2) is 34.8 Å². The average molecular weight is 331 g/mol. The van der Waals surface area contributed by atoms with Gasteiger partial charge >= 0.3 is 0 Å². The van der Waals surface area contributed by atoms with Crippen molar-refractivity contribution in [3.8, 4) is 0 Å². The second kappa shape index (κ2) is 5.53. The van der Waals surface area contributed by atoms with Crippen LogP contribution in [0.3, 0.4) is 0 Å². The first kappa shape index (κ1) is 13.1. The summed E-state index contributed by atoms with van der Waals surface area (Å²) in [6.07, 6.45) is 0. The van der Waals surface area contributed by atoms with Crippen LogP contribution >= 0.6 is 38.9 Å². The maximum atomic E-state index is 6.09. The molecule has 1 aromatic carbocycles. The maximum Gasteiger partial charge on any atom is 0.0669 e. The first-order valence-electron chi connectivity index (χ1n) is 5.29. The SMILES string of the molecule is CNC(c1cc(Cl)cc(Br)c1)c1ccc(C)s1. The molecule has 0 amide bonds. The molecule has 2 aromatic rings. The summed E-state index contributed by atoms with van der Waals surface area (Å²) < 4.78 is 1.01. The largest absolute Gasteiger partial charge is 0.309 e. The van der Waals surface area contributed by atoms with Crippen molar-refractivity contribution in [3.63, 3.8) is 0 Å². The third kappa shape index (κ3) is 3.10. The van der Waals surface area contributed by atoms with Crippen molar-refractivity contribution < 1.29 is 0 Å². The van der Waals surface area contributed by atoms with E-state index in [0.29, 0.717) is 0 Å². The smallest absolute Gasteiger partial charge is 0.0669 e. The van der Waals surface area contributed by atoms with Crippen LogP contribution in [-0.2, 0) is 0 Å². The normalized spacial score (nSPS) is 12.7. The minimum atomic E-state index is 0.198. The minimum Gasteiger partial charge on any atom is -0.309 e. The zero-order valence-electron chi connectivity index (χ0n) is 9.63. The number of halogens is 2. The molecule has 0 spiro atoms. The zero-order valence-corrected chi connectivity index (χ0v) is 12.8. The van der Waals surface area contributed by atoms with Gasteiger partial charge in [-0.1, -0.05) is 27.5 Å². The van der Waals surface area contributed by atoms with E-state index in [1.165, 1.54) is 15.3 Å². The maximum absolute atomic E-state index is 6.09. The van der Waals surface area contributed by atoms with E-state index < -0.39 is 0 Å². The second-order valence-electron chi connectivity index (χ2n) is 3.87. The van der Waals surface area contributed by atoms with Crippen LogP contribution in [0.25, 0.3) is 0 Å². The highest BCUT2D eigenvalue weighted by Crippen LogP contribution is 2.31. The first-order valence-corrected chi connectivity index (χ1v) is 7.28. The number of benzene rings is 1. The van der Waals surface area contributed by atoms with Gasteiger partial charge in [0.15, 0.2) is 0 Å². The molecule has 1 N–H and O–H groups in total. The molecule has 1 atom stereocenters. The van der Waals surface area contributed by atoms with E-state index in [-0.39, 0.29) is 6.04 Å². The number of rotatable bonds is 3. The molecule has 0 radical (unpaired) electrons. The van der Waals surface area contributed by atoms with Gasteiger partial charge < -0.3 is 5.32 Å². The molecule has 1 aromatic heterocycles. The average Bonchev–Trinajstić information content (AvgIpc) is 2.64. The van der Waals surface area contributed by atoms with Crippen LogP contribution in [0.2, 0.25) is 5.02 Å². The molecule has 1 nitrogen and oxygen atoms in total. The van der Waals surface area contributed by atoms with Gasteiger partial charge in [-0.15, -0.1) is 11.3 Å². The van der Waals surface area contributed by atoms with E-state index in [2.05, 4.69) is 46.4 Å². The van der Waals surface area contributed by atoms with Crippen LogP contribution < -0.4 is 5.32 Å². The fourth-order valence-corrected chi connectivity index (χ4v) is 3.73. The highest BCUT2D eigenvalue weighted by molar-refractivity contribution is 9.10. The van der Waals surface area contributed by atoms with Crippen molar-refractivity contribution in [1.82, 2.24) is 5.32 Å². The number of hydrogen-bond donors (Lipinski definition) is 1. The summed E-state index contributed by atoms with van der Waals surface area (Å²) in [5, 5.41) is 4.09.